The molecular weight excluding hydrogens is 404 g/mol. The summed E-state index contributed by atoms with van der Waals surface area (Å²) in [5.74, 6) is -0.358. The SMILES string of the molecule is CC(=O)Nc1ncc([C@@H](C)N2CCC3(CC2)NC(=O)N(c2ccc(C)nc2)C3=O)s1. The number of carbonyl (C=O) groups is 3. The molecule has 2 aromatic rings. The fraction of sp³-hybridized carbons (Fsp3) is 0.450. The number of hydrogen-bond acceptors (Lipinski definition) is 7. The van der Waals surface area contributed by atoms with Gasteiger partial charge in [0, 0.05) is 42.8 Å². The van der Waals surface area contributed by atoms with Crippen LogP contribution in [0.4, 0.5) is 15.6 Å². The molecule has 0 radical (unpaired) electrons. The Morgan fingerprint density at radius 2 is 1.97 bits per heavy atom. The molecule has 1 atom stereocenters. The maximum Gasteiger partial charge on any atom is 0.329 e. The van der Waals surface area contributed by atoms with E-state index in [0.29, 0.717) is 36.8 Å². The number of hydrogen-bond donors (Lipinski definition) is 2. The van der Waals surface area contributed by atoms with Crippen LogP contribution < -0.4 is 15.5 Å². The van der Waals surface area contributed by atoms with Gasteiger partial charge < -0.3 is 10.6 Å². The first-order valence-corrected chi connectivity index (χ1v) is 10.7. The number of urea groups is 1. The van der Waals surface area contributed by atoms with Gasteiger partial charge in [-0.3, -0.25) is 19.5 Å². The van der Waals surface area contributed by atoms with Crippen molar-refractivity contribution in [3.05, 3.63) is 35.1 Å². The molecule has 30 heavy (non-hydrogen) atoms. The van der Waals surface area contributed by atoms with Gasteiger partial charge >= 0.3 is 6.03 Å². The average molecular weight is 429 g/mol. The van der Waals surface area contributed by atoms with Crippen LogP contribution in [-0.2, 0) is 9.59 Å². The molecule has 10 heteroatoms. The number of likely N-dealkylation sites (tertiary alicyclic amines) is 1. The summed E-state index contributed by atoms with van der Waals surface area (Å²) in [6.07, 6.45) is 4.41. The normalized spacial score (nSPS) is 19.8. The Labute approximate surface area is 178 Å². The minimum absolute atomic E-state index is 0.104. The van der Waals surface area contributed by atoms with E-state index in [-0.39, 0.29) is 17.9 Å². The Morgan fingerprint density at radius 1 is 1.23 bits per heavy atom. The molecule has 0 saturated carbocycles. The maximum absolute atomic E-state index is 13.2. The number of nitrogens with one attached hydrogen (secondary N) is 2. The smallest absolute Gasteiger partial charge is 0.323 e. The first-order valence-electron chi connectivity index (χ1n) is 9.86. The van der Waals surface area contributed by atoms with Crippen LogP contribution in [0.5, 0.6) is 0 Å². The van der Waals surface area contributed by atoms with Crippen molar-refractivity contribution in [3.8, 4) is 0 Å². The first-order chi connectivity index (χ1) is 14.3. The number of carbonyl (C=O) groups excluding carboxylic acids is 3. The second-order valence-electron chi connectivity index (χ2n) is 7.77. The van der Waals surface area contributed by atoms with E-state index in [9.17, 15) is 14.4 Å². The summed E-state index contributed by atoms with van der Waals surface area (Å²) in [7, 11) is 0. The van der Waals surface area contributed by atoms with Crippen LogP contribution in [-0.4, -0.2) is 51.3 Å². The van der Waals surface area contributed by atoms with Crippen LogP contribution >= 0.6 is 11.3 Å². The van der Waals surface area contributed by atoms with E-state index in [1.165, 1.54) is 23.2 Å². The van der Waals surface area contributed by atoms with Crippen molar-refractivity contribution in [3.63, 3.8) is 0 Å². The van der Waals surface area contributed by atoms with Gasteiger partial charge in [0.25, 0.3) is 5.91 Å². The standard InChI is InChI=1S/C20H24N6O3S/c1-12-4-5-15(10-21-12)26-17(28)20(24-19(26)29)6-8-25(9-7-20)13(2)16-11-22-18(30-16)23-14(3)27/h4-5,10-11,13H,6-9H2,1-3H3,(H,24,29)(H,22,23,27)/t13-/m1/s1. The summed E-state index contributed by atoms with van der Waals surface area (Å²) in [5, 5.41) is 6.22. The average Bonchev–Trinajstić information content (AvgIpc) is 3.25. The molecule has 4 rings (SSSR count). The highest BCUT2D eigenvalue weighted by molar-refractivity contribution is 7.15. The van der Waals surface area contributed by atoms with Crippen LogP contribution in [0, 0.1) is 6.92 Å². The van der Waals surface area contributed by atoms with Gasteiger partial charge in [-0.25, -0.2) is 14.7 Å². The molecule has 0 aliphatic carbocycles. The van der Waals surface area contributed by atoms with E-state index in [2.05, 4.69) is 32.4 Å². The molecule has 2 saturated heterocycles. The van der Waals surface area contributed by atoms with Crippen molar-refractivity contribution in [1.82, 2.24) is 20.2 Å². The van der Waals surface area contributed by atoms with Crippen LogP contribution in [0.3, 0.4) is 0 Å². The van der Waals surface area contributed by atoms with E-state index in [1.54, 1.807) is 24.5 Å². The third-order valence-corrected chi connectivity index (χ3v) is 6.82. The summed E-state index contributed by atoms with van der Waals surface area (Å²) in [6.45, 7) is 6.73. The largest absolute Gasteiger partial charge is 0.329 e. The Kier molecular flexibility index (Phi) is 5.29. The molecule has 2 N–H and O–H groups in total. The van der Waals surface area contributed by atoms with Crippen LogP contribution in [0.15, 0.2) is 24.5 Å². The summed E-state index contributed by atoms with van der Waals surface area (Å²) in [4.78, 5) is 49.9. The number of piperidine rings is 1. The van der Waals surface area contributed by atoms with E-state index >= 15 is 0 Å². The molecule has 158 valence electrons. The third kappa shape index (κ3) is 3.68. The molecule has 2 aliphatic rings. The lowest BCUT2D eigenvalue weighted by Gasteiger charge is -2.39. The fourth-order valence-electron chi connectivity index (χ4n) is 3.95. The maximum atomic E-state index is 13.2. The van der Waals surface area contributed by atoms with Crippen molar-refractivity contribution in [1.29, 1.82) is 0 Å². The Hall–Kier alpha value is -2.85. The lowest BCUT2D eigenvalue weighted by molar-refractivity contribution is -0.124. The fourth-order valence-corrected chi connectivity index (χ4v) is 4.90. The highest BCUT2D eigenvalue weighted by Crippen LogP contribution is 2.36. The van der Waals surface area contributed by atoms with Gasteiger partial charge in [0.1, 0.15) is 5.54 Å². The van der Waals surface area contributed by atoms with Gasteiger partial charge in [-0.1, -0.05) is 0 Å². The van der Waals surface area contributed by atoms with Crippen molar-refractivity contribution >= 4 is 40.0 Å². The molecule has 4 heterocycles. The van der Waals surface area contributed by atoms with Crippen molar-refractivity contribution in [2.45, 2.75) is 45.2 Å². The molecule has 1 spiro atoms. The third-order valence-electron chi connectivity index (χ3n) is 5.73. The van der Waals surface area contributed by atoms with Crippen LogP contribution in [0.25, 0.3) is 0 Å². The summed E-state index contributed by atoms with van der Waals surface area (Å²) >= 11 is 1.45. The number of amides is 4. The molecule has 4 amide bonds. The number of aryl methyl sites for hydroxylation is 1. The molecule has 0 aromatic carbocycles. The van der Waals surface area contributed by atoms with E-state index in [1.807, 2.05) is 6.92 Å². The van der Waals surface area contributed by atoms with E-state index < -0.39 is 11.6 Å². The minimum Gasteiger partial charge on any atom is -0.323 e. The van der Waals surface area contributed by atoms with Crippen LogP contribution in [0.1, 0.15) is 43.3 Å². The number of imide groups is 1. The molecule has 2 aliphatic heterocycles. The summed E-state index contributed by atoms with van der Waals surface area (Å²) in [6, 6.07) is 3.24. The molecule has 2 aromatic heterocycles. The predicted octanol–water partition coefficient (Wildman–Crippen LogP) is 2.46. The second kappa shape index (κ2) is 7.77. The number of nitrogens with zero attached hydrogens (tertiary/aromatic N) is 4. The molecule has 0 bridgehead atoms. The molecule has 2 fully saturated rings. The molecule has 9 nitrogen and oxygen atoms in total. The summed E-state index contributed by atoms with van der Waals surface area (Å²) in [5.41, 5.74) is 0.450. The van der Waals surface area contributed by atoms with Gasteiger partial charge in [0.2, 0.25) is 5.91 Å². The number of thiazole rings is 1. The first kappa shape index (κ1) is 20.4. The summed E-state index contributed by atoms with van der Waals surface area (Å²) < 4.78 is 0. The van der Waals surface area contributed by atoms with E-state index in [4.69, 9.17) is 0 Å². The Morgan fingerprint density at radius 3 is 2.60 bits per heavy atom. The topological polar surface area (TPSA) is 108 Å². The van der Waals surface area contributed by atoms with Gasteiger partial charge in [0.05, 0.1) is 11.9 Å². The monoisotopic (exact) mass is 428 g/mol. The number of aromatic nitrogens is 2. The van der Waals surface area contributed by atoms with Gasteiger partial charge in [0.15, 0.2) is 5.13 Å². The second-order valence-corrected chi connectivity index (χ2v) is 8.83. The number of anilines is 2. The van der Waals surface area contributed by atoms with Crippen molar-refractivity contribution < 1.29 is 14.4 Å². The predicted molar refractivity (Wildman–Crippen MR) is 113 cm³/mol. The van der Waals surface area contributed by atoms with Crippen LogP contribution in [0.2, 0.25) is 0 Å². The van der Waals surface area contributed by atoms with Gasteiger partial charge in [-0.05, 0) is 38.8 Å². The molecular formula is C20H24N6O3S. The van der Waals surface area contributed by atoms with Gasteiger partial charge in [-0.15, -0.1) is 11.3 Å². The minimum atomic E-state index is -0.868. The highest BCUT2D eigenvalue weighted by atomic mass is 32.1. The zero-order valence-corrected chi connectivity index (χ0v) is 18.0. The number of rotatable bonds is 4. The van der Waals surface area contributed by atoms with Crippen molar-refractivity contribution in [2.24, 2.45) is 0 Å². The lowest BCUT2D eigenvalue weighted by atomic mass is 9.87. The lowest BCUT2D eigenvalue weighted by Crippen LogP contribution is -2.55. The highest BCUT2D eigenvalue weighted by Gasteiger charge is 2.53. The van der Waals surface area contributed by atoms with Gasteiger partial charge in [-0.2, -0.15) is 0 Å². The Balaban J connectivity index is 1.44. The van der Waals surface area contributed by atoms with Crippen molar-refractivity contribution in [2.75, 3.05) is 23.3 Å². The van der Waals surface area contributed by atoms with E-state index in [0.717, 1.165) is 10.6 Å². The zero-order valence-electron chi connectivity index (χ0n) is 17.1. The quantitative estimate of drug-likeness (QED) is 0.725. The Bertz CT molecular complexity index is 981. The number of pyridine rings is 1. The molecule has 0 unspecified atom stereocenters. The zero-order chi connectivity index (χ0) is 21.5.